The number of rotatable bonds is 2. The molecule has 1 heterocycles. The molecule has 2 heteroatoms. The van der Waals surface area contributed by atoms with Crippen LogP contribution in [0, 0.1) is 13.8 Å². The number of aliphatic hydroxyl groups excluding tert-OH is 1. The highest BCUT2D eigenvalue weighted by molar-refractivity contribution is 5.59. The Morgan fingerprint density at radius 3 is 2.65 bits per heavy atom. The smallest absolute Gasteiger partial charge is 0.104 e. The van der Waals surface area contributed by atoms with Gasteiger partial charge in [0.15, 0.2) is 0 Å². The fourth-order valence-corrected chi connectivity index (χ4v) is 3.07. The van der Waals surface area contributed by atoms with Crippen LogP contribution in [0.25, 0.3) is 0 Å². The molecule has 0 aliphatic carbocycles. The second-order valence-electron chi connectivity index (χ2n) is 5.82. The molecule has 0 bridgehead atoms. The maximum absolute atomic E-state index is 10.6. The van der Waals surface area contributed by atoms with Crippen molar-refractivity contribution in [3.8, 4) is 0 Å². The van der Waals surface area contributed by atoms with Crippen LogP contribution in [0.2, 0.25) is 0 Å². The SMILES string of the molecule is Cc1ccc(C(O)c2ccc3c(c2)CCN3C)c(C)c1. The number of fused-ring (bicyclic) bond motifs is 1. The fourth-order valence-electron chi connectivity index (χ4n) is 3.07. The Labute approximate surface area is 120 Å². The first kappa shape index (κ1) is 13.2. The lowest BCUT2D eigenvalue weighted by molar-refractivity contribution is 0.219. The maximum Gasteiger partial charge on any atom is 0.104 e. The van der Waals surface area contributed by atoms with Gasteiger partial charge in [0, 0.05) is 19.3 Å². The maximum atomic E-state index is 10.6. The summed E-state index contributed by atoms with van der Waals surface area (Å²) < 4.78 is 0. The molecule has 0 saturated heterocycles. The zero-order valence-corrected chi connectivity index (χ0v) is 12.4. The van der Waals surface area contributed by atoms with Gasteiger partial charge in [-0.25, -0.2) is 0 Å². The normalized spacial score (nSPS) is 15.3. The first-order valence-corrected chi connectivity index (χ1v) is 7.15. The molecule has 1 aliphatic rings. The number of likely N-dealkylation sites (N-methyl/N-ethyl adjacent to an activating group) is 1. The van der Waals surface area contributed by atoms with Gasteiger partial charge in [-0.15, -0.1) is 0 Å². The van der Waals surface area contributed by atoms with Crippen LogP contribution in [0.15, 0.2) is 36.4 Å². The van der Waals surface area contributed by atoms with E-state index in [-0.39, 0.29) is 0 Å². The molecule has 1 aliphatic heterocycles. The van der Waals surface area contributed by atoms with Gasteiger partial charge in [-0.05, 0) is 48.6 Å². The van der Waals surface area contributed by atoms with Crippen molar-refractivity contribution in [2.75, 3.05) is 18.5 Å². The van der Waals surface area contributed by atoms with Crippen molar-refractivity contribution in [3.63, 3.8) is 0 Å². The van der Waals surface area contributed by atoms with Gasteiger partial charge in [0.25, 0.3) is 0 Å². The lowest BCUT2D eigenvalue weighted by Crippen LogP contribution is -2.12. The van der Waals surface area contributed by atoms with Crippen LogP contribution in [-0.2, 0) is 6.42 Å². The molecule has 0 saturated carbocycles. The minimum atomic E-state index is -0.535. The van der Waals surface area contributed by atoms with Crippen molar-refractivity contribution < 1.29 is 5.11 Å². The van der Waals surface area contributed by atoms with Gasteiger partial charge >= 0.3 is 0 Å². The Morgan fingerprint density at radius 1 is 1.10 bits per heavy atom. The van der Waals surface area contributed by atoms with Crippen molar-refractivity contribution in [2.24, 2.45) is 0 Å². The van der Waals surface area contributed by atoms with Gasteiger partial charge in [-0.1, -0.05) is 35.9 Å². The molecule has 1 N–H and O–H groups in total. The summed E-state index contributed by atoms with van der Waals surface area (Å²) in [6.07, 6.45) is 0.533. The lowest BCUT2D eigenvalue weighted by atomic mass is 9.95. The van der Waals surface area contributed by atoms with Crippen LogP contribution in [0.3, 0.4) is 0 Å². The van der Waals surface area contributed by atoms with E-state index in [0.717, 1.165) is 29.7 Å². The van der Waals surface area contributed by atoms with E-state index >= 15 is 0 Å². The van der Waals surface area contributed by atoms with Gasteiger partial charge in [-0.2, -0.15) is 0 Å². The number of hydrogen-bond acceptors (Lipinski definition) is 2. The van der Waals surface area contributed by atoms with E-state index in [4.69, 9.17) is 0 Å². The molecule has 0 amide bonds. The van der Waals surface area contributed by atoms with Crippen molar-refractivity contribution in [2.45, 2.75) is 26.4 Å². The molecule has 3 rings (SSSR count). The summed E-state index contributed by atoms with van der Waals surface area (Å²) in [5.41, 5.74) is 7.01. The number of benzene rings is 2. The third-order valence-corrected chi connectivity index (χ3v) is 4.27. The predicted octanol–water partition coefficient (Wildman–Crippen LogP) is 3.38. The van der Waals surface area contributed by atoms with Crippen molar-refractivity contribution in [1.82, 2.24) is 0 Å². The minimum absolute atomic E-state index is 0.535. The molecule has 20 heavy (non-hydrogen) atoms. The Balaban J connectivity index is 1.97. The summed E-state index contributed by atoms with van der Waals surface area (Å²) in [5.74, 6) is 0. The molecular formula is C18H21NO. The van der Waals surface area contributed by atoms with E-state index < -0.39 is 6.10 Å². The highest BCUT2D eigenvalue weighted by atomic mass is 16.3. The molecule has 2 aromatic carbocycles. The molecule has 2 aromatic rings. The summed E-state index contributed by atoms with van der Waals surface area (Å²) in [4.78, 5) is 2.27. The van der Waals surface area contributed by atoms with E-state index in [1.165, 1.54) is 16.8 Å². The van der Waals surface area contributed by atoms with Gasteiger partial charge in [0.05, 0.1) is 0 Å². The largest absolute Gasteiger partial charge is 0.384 e. The van der Waals surface area contributed by atoms with Crippen LogP contribution in [0.4, 0.5) is 5.69 Å². The Bertz CT molecular complexity index is 648. The van der Waals surface area contributed by atoms with Crippen LogP contribution in [-0.4, -0.2) is 18.7 Å². The number of aliphatic hydroxyl groups is 1. The summed E-state index contributed by atoms with van der Waals surface area (Å²) in [5, 5.41) is 10.6. The zero-order chi connectivity index (χ0) is 14.3. The minimum Gasteiger partial charge on any atom is -0.384 e. The highest BCUT2D eigenvalue weighted by Gasteiger charge is 2.19. The first-order chi connectivity index (χ1) is 9.56. The Kier molecular flexibility index (Phi) is 3.27. The summed E-state index contributed by atoms with van der Waals surface area (Å²) in [7, 11) is 2.12. The van der Waals surface area contributed by atoms with E-state index in [1.807, 2.05) is 12.1 Å². The summed E-state index contributed by atoms with van der Waals surface area (Å²) >= 11 is 0. The van der Waals surface area contributed by atoms with Gasteiger partial charge in [0.1, 0.15) is 6.10 Å². The molecule has 0 aromatic heterocycles. The average molecular weight is 267 g/mol. The van der Waals surface area contributed by atoms with Crippen LogP contribution < -0.4 is 4.90 Å². The number of anilines is 1. The fraction of sp³-hybridized carbons (Fsp3) is 0.333. The van der Waals surface area contributed by atoms with Crippen LogP contribution in [0.1, 0.15) is 33.9 Å². The zero-order valence-electron chi connectivity index (χ0n) is 12.4. The summed E-state index contributed by atoms with van der Waals surface area (Å²) in [6, 6.07) is 12.6. The van der Waals surface area contributed by atoms with E-state index in [0.29, 0.717) is 0 Å². The molecule has 1 unspecified atom stereocenters. The van der Waals surface area contributed by atoms with E-state index in [1.54, 1.807) is 0 Å². The molecule has 2 nitrogen and oxygen atoms in total. The monoisotopic (exact) mass is 267 g/mol. The van der Waals surface area contributed by atoms with Crippen molar-refractivity contribution >= 4 is 5.69 Å². The molecule has 0 spiro atoms. The Morgan fingerprint density at radius 2 is 1.90 bits per heavy atom. The topological polar surface area (TPSA) is 23.5 Å². The molecular weight excluding hydrogens is 246 g/mol. The predicted molar refractivity (Wildman–Crippen MR) is 83.4 cm³/mol. The van der Waals surface area contributed by atoms with E-state index in [2.05, 4.69) is 50.1 Å². The second kappa shape index (κ2) is 4.95. The standard InChI is InChI=1S/C18H21NO/c1-12-4-6-16(13(2)10-12)18(20)15-5-7-17-14(11-15)8-9-19(17)3/h4-7,10-11,18,20H,8-9H2,1-3H3. The van der Waals surface area contributed by atoms with Gasteiger partial charge < -0.3 is 10.0 Å². The quantitative estimate of drug-likeness (QED) is 0.901. The molecule has 1 atom stereocenters. The highest BCUT2D eigenvalue weighted by Crippen LogP contribution is 2.32. The van der Waals surface area contributed by atoms with Crippen LogP contribution in [0.5, 0.6) is 0 Å². The summed E-state index contributed by atoms with van der Waals surface area (Å²) in [6.45, 7) is 5.21. The number of hydrogen-bond donors (Lipinski definition) is 1. The average Bonchev–Trinajstić information content (AvgIpc) is 2.79. The first-order valence-electron chi connectivity index (χ1n) is 7.15. The van der Waals surface area contributed by atoms with Crippen molar-refractivity contribution in [3.05, 3.63) is 64.2 Å². The molecule has 0 radical (unpaired) electrons. The third kappa shape index (κ3) is 2.20. The van der Waals surface area contributed by atoms with E-state index in [9.17, 15) is 5.11 Å². The van der Waals surface area contributed by atoms with Crippen molar-refractivity contribution in [1.29, 1.82) is 0 Å². The lowest BCUT2D eigenvalue weighted by Gasteiger charge is -2.17. The molecule has 0 fully saturated rings. The van der Waals surface area contributed by atoms with Gasteiger partial charge in [-0.3, -0.25) is 0 Å². The van der Waals surface area contributed by atoms with Crippen LogP contribution >= 0.6 is 0 Å². The number of nitrogens with zero attached hydrogens (tertiary/aromatic N) is 1. The Hall–Kier alpha value is -1.80. The second-order valence-corrected chi connectivity index (χ2v) is 5.82. The van der Waals surface area contributed by atoms with Gasteiger partial charge in [0.2, 0.25) is 0 Å². The molecule has 104 valence electrons. The third-order valence-electron chi connectivity index (χ3n) is 4.27. The number of aryl methyl sites for hydroxylation is 2.